The molecule has 10 heteroatoms. The molecule has 0 atom stereocenters. The first-order chi connectivity index (χ1) is 15.1. The van der Waals surface area contributed by atoms with E-state index in [2.05, 4.69) is 10.0 Å². The molecule has 0 heterocycles. The summed E-state index contributed by atoms with van der Waals surface area (Å²) in [6.07, 6.45) is -4.44. The zero-order valence-electron chi connectivity index (χ0n) is 16.8. The molecule has 0 bridgehead atoms. The van der Waals surface area contributed by atoms with Gasteiger partial charge in [-0.25, -0.2) is 8.42 Å². The number of methoxy groups -OCH3 is 1. The molecule has 1 amide bonds. The van der Waals surface area contributed by atoms with Gasteiger partial charge in [0, 0.05) is 17.8 Å². The molecule has 2 N–H and O–H groups in total. The zero-order valence-corrected chi connectivity index (χ0v) is 17.6. The van der Waals surface area contributed by atoms with Gasteiger partial charge in [0.05, 0.1) is 17.6 Å². The summed E-state index contributed by atoms with van der Waals surface area (Å²) in [7, 11) is -2.46. The summed E-state index contributed by atoms with van der Waals surface area (Å²) in [5.74, 6) is 0.00561. The SMILES string of the molecule is COc1ccc(NS(=O)(=O)c2cccc(C(=O)NCc3ccc(C(F)(F)F)cc3)c2)cc1. The van der Waals surface area contributed by atoms with Gasteiger partial charge in [-0.3, -0.25) is 9.52 Å². The first-order valence-corrected chi connectivity index (χ1v) is 10.8. The average molecular weight is 464 g/mol. The van der Waals surface area contributed by atoms with Crippen molar-refractivity contribution in [1.82, 2.24) is 5.32 Å². The summed E-state index contributed by atoms with van der Waals surface area (Å²) in [5.41, 5.74) is 0.101. The van der Waals surface area contributed by atoms with Crippen LogP contribution in [0.25, 0.3) is 0 Å². The Labute approximate surface area is 183 Å². The minimum atomic E-state index is -4.44. The number of rotatable bonds is 7. The molecule has 0 saturated heterocycles. The smallest absolute Gasteiger partial charge is 0.416 e. The molecule has 6 nitrogen and oxygen atoms in total. The molecular weight excluding hydrogens is 445 g/mol. The van der Waals surface area contributed by atoms with E-state index in [1.54, 1.807) is 12.1 Å². The minimum Gasteiger partial charge on any atom is -0.497 e. The monoisotopic (exact) mass is 464 g/mol. The normalized spacial score (nSPS) is 11.6. The number of carbonyl (C=O) groups is 1. The van der Waals surface area contributed by atoms with Crippen molar-refractivity contribution in [2.45, 2.75) is 17.6 Å². The number of nitrogens with one attached hydrogen (secondary N) is 2. The largest absolute Gasteiger partial charge is 0.497 e. The van der Waals surface area contributed by atoms with E-state index < -0.39 is 27.7 Å². The molecule has 0 aliphatic rings. The highest BCUT2D eigenvalue weighted by molar-refractivity contribution is 7.92. The third-order valence-electron chi connectivity index (χ3n) is 4.48. The molecule has 0 radical (unpaired) electrons. The van der Waals surface area contributed by atoms with Crippen molar-refractivity contribution in [3.05, 3.63) is 89.5 Å². The van der Waals surface area contributed by atoms with Gasteiger partial charge in [-0.05, 0) is 60.2 Å². The first-order valence-electron chi connectivity index (χ1n) is 9.30. The van der Waals surface area contributed by atoms with Crippen molar-refractivity contribution < 1.29 is 31.1 Å². The second-order valence-electron chi connectivity index (χ2n) is 6.74. The number of amides is 1. The van der Waals surface area contributed by atoms with Crippen molar-refractivity contribution in [2.24, 2.45) is 0 Å². The van der Waals surface area contributed by atoms with Crippen molar-refractivity contribution in [2.75, 3.05) is 11.8 Å². The van der Waals surface area contributed by atoms with Gasteiger partial charge in [-0.15, -0.1) is 0 Å². The van der Waals surface area contributed by atoms with Gasteiger partial charge >= 0.3 is 6.18 Å². The molecule has 168 valence electrons. The molecular formula is C22H19F3N2O4S. The molecule has 0 aliphatic heterocycles. The highest BCUT2D eigenvalue weighted by Crippen LogP contribution is 2.29. The van der Waals surface area contributed by atoms with E-state index in [4.69, 9.17) is 4.74 Å². The Balaban J connectivity index is 1.68. The van der Waals surface area contributed by atoms with E-state index in [0.29, 0.717) is 17.0 Å². The molecule has 3 aromatic carbocycles. The Morgan fingerprint density at radius 2 is 1.62 bits per heavy atom. The Morgan fingerprint density at radius 3 is 2.22 bits per heavy atom. The fourth-order valence-electron chi connectivity index (χ4n) is 2.77. The lowest BCUT2D eigenvalue weighted by Crippen LogP contribution is -2.23. The van der Waals surface area contributed by atoms with Crippen LogP contribution in [0.1, 0.15) is 21.5 Å². The van der Waals surface area contributed by atoms with Gasteiger partial charge in [0.15, 0.2) is 0 Å². The van der Waals surface area contributed by atoms with Gasteiger partial charge in [-0.1, -0.05) is 18.2 Å². The maximum Gasteiger partial charge on any atom is 0.416 e. The van der Waals surface area contributed by atoms with Crippen molar-refractivity contribution in [3.63, 3.8) is 0 Å². The van der Waals surface area contributed by atoms with Gasteiger partial charge < -0.3 is 10.1 Å². The standard InChI is InChI=1S/C22H19F3N2O4S/c1-31-19-11-9-18(10-12-19)27-32(29,30)20-4-2-3-16(13-20)21(28)26-14-15-5-7-17(8-6-15)22(23,24)25/h2-13,27H,14H2,1H3,(H,26,28). The van der Waals surface area contributed by atoms with Crippen LogP contribution in [0.15, 0.2) is 77.7 Å². The number of anilines is 1. The van der Waals surface area contributed by atoms with Crippen molar-refractivity contribution in [3.8, 4) is 5.75 Å². The maximum atomic E-state index is 12.7. The van der Waals surface area contributed by atoms with Crippen LogP contribution >= 0.6 is 0 Å². The summed E-state index contributed by atoms with van der Waals surface area (Å²) in [6, 6.07) is 16.1. The fourth-order valence-corrected chi connectivity index (χ4v) is 3.88. The number of ether oxygens (including phenoxy) is 1. The third-order valence-corrected chi connectivity index (χ3v) is 5.86. The lowest BCUT2D eigenvalue weighted by Gasteiger charge is -2.11. The first kappa shape index (κ1) is 23.1. The number of hydrogen-bond donors (Lipinski definition) is 2. The lowest BCUT2D eigenvalue weighted by molar-refractivity contribution is -0.137. The van der Waals surface area contributed by atoms with E-state index in [-0.39, 0.29) is 17.0 Å². The fraction of sp³-hybridized carbons (Fsp3) is 0.136. The van der Waals surface area contributed by atoms with E-state index >= 15 is 0 Å². The topological polar surface area (TPSA) is 84.5 Å². The number of sulfonamides is 1. The van der Waals surface area contributed by atoms with E-state index in [1.807, 2.05) is 0 Å². The molecule has 3 aromatic rings. The van der Waals surface area contributed by atoms with E-state index in [1.165, 1.54) is 55.6 Å². The highest BCUT2D eigenvalue weighted by Gasteiger charge is 2.29. The number of halogens is 3. The molecule has 0 spiro atoms. The Kier molecular flexibility index (Phi) is 6.73. The number of hydrogen-bond acceptors (Lipinski definition) is 4. The average Bonchev–Trinajstić information content (AvgIpc) is 2.77. The van der Waals surface area contributed by atoms with Crippen LogP contribution in [0.2, 0.25) is 0 Å². The predicted molar refractivity (Wildman–Crippen MR) is 113 cm³/mol. The Bertz CT molecular complexity index is 1190. The maximum absolute atomic E-state index is 12.7. The van der Waals surface area contributed by atoms with Crippen LogP contribution in [0.5, 0.6) is 5.75 Å². The number of carbonyl (C=O) groups excluding carboxylic acids is 1. The number of alkyl halides is 3. The molecule has 0 fully saturated rings. The second kappa shape index (κ2) is 9.31. The quantitative estimate of drug-likeness (QED) is 0.541. The van der Waals surface area contributed by atoms with Crippen LogP contribution in [-0.4, -0.2) is 21.4 Å². The van der Waals surface area contributed by atoms with Crippen LogP contribution in [0.3, 0.4) is 0 Å². The summed E-state index contributed by atoms with van der Waals surface area (Å²) in [4.78, 5) is 12.3. The summed E-state index contributed by atoms with van der Waals surface area (Å²) < 4.78 is 70.7. The molecule has 0 aliphatic carbocycles. The zero-order chi connectivity index (χ0) is 23.4. The van der Waals surface area contributed by atoms with Gasteiger partial charge in [0.1, 0.15) is 5.75 Å². The molecule has 0 aromatic heterocycles. The predicted octanol–water partition coefficient (Wildman–Crippen LogP) is 4.44. The molecule has 0 unspecified atom stereocenters. The Morgan fingerprint density at radius 1 is 0.969 bits per heavy atom. The van der Waals surface area contributed by atoms with Crippen molar-refractivity contribution in [1.29, 1.82) is 0 Å². The van der Waals surface area contributed by atoms with Crippen LogP contribution in [-0.2, 0) is 22.7 Å². The van der Waals surface area contributed by atoms with Crippen LogP contribution < -0.4 is 14.8 Å². The summed E-state index contributed by atoms with van der Waals surface area (Å²) >= 11 is 0. The van der Waals surface area contributed by atoms with E-state index in [9.17, 15) is 26.4 Å². The Hall–Kier alpha value is -3.53. The third kappa shape index (κ3) is 5.79. The highest BCUT2D eigenvalue weighted by atomic mass is 32.2. The minimum absolute atomic E-state index is 0.0158. The van der Waals surface area contributed by atoms with Crippen LogP contribution in [0, 0.1) is 0 Å². The summed E-state index contributed by atoms with van der Waals surface area (Å²) in [6.45, 7) is -0.0158. The second-order valence-corrected chi connectivity index (χ2v) is 8.42. The van der Waals surface area contributed by atoms with E-state index in [0.717, 1.165) is 12.1 Å². The van der Waals surface area contributed by atoms with Crippen LogP contribution in [0.4, 0.5) is 18.9 Å². The molecule has 3 rings (SSSR count). The summed E-state index contributed by atoms with van der Waals surface area (Å²) in [5, 5.41) is 2.57. The molecule has 32 heavy (non-hydrogen) atoms. The van der Waals surface area contributed by atoms with Gasteiger partial charge in [0.2, 0.25) is 0 Å². The van der Waals surface area contributed by atoms with Gasteiger partial charge in [0.25, 0.3) is 15.9 Å². The number of benzene rings is 3. The van der Waals surface area contributed by atoms with Gasteiger partial charge in [-0.2, -0.15) is 13.2 Å². The lowest BCUT2D eigenvalue weighted by atomic mass is 10.1. The molecule has 0 saturated carbocycles. The van der Waals surface area contributed by atoms with Crippen molar-refractivity contribution >= 4 is 21.6 Å².